The number of furan rings is 1. The number of carbonyl (C=O) groups excluding carboxylic acids is 1. The minimum atomic E-state index is -3.78. The molecule has 152 valence electrons. The molecule has 0 aliphatic carbocycles. The average Bonchev–Trinajstić information content (AvgIpc) is 3.22. The van der Waals surface area contributed by atoms with E-state index in [1.807, 2.05) is 13.0 Å². The summed E-state index contributed by atoms with van der Waals surface area (Å²) in [5.74, 6) is 1.08. The molecule has 0 saturated carbocycles. The van der Waals surface area contributed by atoms with Crippen molar-refractivity contribution in [2.75, 3.05) is 17.9 Å². The van der Waals surface area contributed by atoms with Gasteiger partial charge >= 0.3 is 0 Å². The highest BCUT2D eigenvalue weighted by atomic mass is 32.2. The van der Waals surface area contributed by atoms with Crippen LogP contribution in [0.2, 0.25) is 0 Å². The second-order valence-electron chi connectivity index (χ2n) is 6.18. The number of carbonyl (C=O) groups is 1. The van der Waals surface area contributed by atoms with Crippen LogP contribution in [0, 0.1) is 0 Å². The number of benzene rings is 2. The molecule has 1 aromatic heterocycles. The van der Waals surface area contributed by atoms with E-state index in [0.29, 0.717) is 36.6 Å². The third-order valence-corrected chi connectivity index (χ3v) is 5.46. The molecule has 3 rings (SSSR count). The number of hydrogen-bond acceptors (Lipinski definition) is 5. The number of sulfonamides is 1. The summed E-state index contributed by atoms with van der Waals surface area (Å²) in [4.78, 5) is 12.4. The van der Waals surface area contributed by atoms with E-state index in [1.54, 1.807) is 42.7 Å². The quantitative estimate of drug-likeness (QED) is 0.559. The first kappa shape index (κ1) is 20.5. The van der Waals surface area contributed by atoms with Gasteiger partial charge in [-0.3, -0.25) is 9.52 Å². The third kappa shape index (κ3) is 5.61. The zero-order chi connectivity index (χ0) is 20.7. The highest BCUT2D eigenvalue weighted by Gasteiger charge is 2.15. The molecule has 1 heterocycles. The van der Waals surface area contributed by atoms with Crippen molar-refractivity contribution in [3.63, 3.8) is 0 Å². The van der Waals surface area contributed by atoms with E-state index < -0.39 is 10.0 Å². The first-order valence-electron chi connectivity index (χ1n) is 9.14. The fraction of sp³-hybridized carbons (Fsp3) is 0.190. The Morgan fingerprint density at radius 3 is 2.55 bits per heavy atom. The van der Waals surface area contributed by atoms with Gasteiger partial charge in [0.15, 0.2) is 0 Å². The van der Waals surface area contributed by atoms with Crippen LogP contribution in [0.15, 0.2) is 76.2 Å². The molecule has 8 heteroatoms. The standard InChI is InChI=1S/C21H22N2O5S/c1-2-27-19-8-10-20(11-9-19)29(25,26)23-17-6-3-5-16(15-17)21(24)22-13-12-18-7-4-14-28-18/h3-11,14-15,23H,2,12-13H2,1H3,(H,22,24). The van der Waals surface area contributed by atoms with Crippen molar-refractivity contribution >= 4 is 21.6 Å². The molecule has 0 bridgehead atoms. The molecule has 7 nitrogen and oxygen atoms in total. The number of hydrogen-bond donors (Lipinski definition) is 2. The lowest BCUT2D eigenvalue weighted by atomic mass is 10.2. The molecule has 0 aliphatic heterocycles. The summed E-state index contributed by atoms with van der Waals surface area (Å²) < 4.78 is 38.2. The Labute approximate surface area is 169 Å². The molecule has 0 atom stereocenters. The number of anilines is 1. The van der Waals surface area contributed by atoms with Gasteiger partial charge in [-0.05, 0) is 61.5 Å². The maximum Gasteiger partial charge on any atom is 0.261 e. The molecule has 3 aromatic rings. The van der Waals surface area contributed by atoms with Gasteiger partial charge in [0.1, 0.15) is 11.5 Å². The largest absolute Gasteiger partial charge is 0.494 e. The molecule has 0 saturated heterocycles. The van der Waals surface area contributed by atoms with Crippen molar-refractivity contribution in [1.29, 1.82) is 0 Å². The maximum absolute atomic E-state index is 12.6. The van der Waals surface area contributed by atoms with Gasteiger partial charge in [-0.2, -0.15) is 0 Å². The molecular weight excluding hydrogens is 392 g/mol. The monoisotopic (exact) mass is 414 g/mol. The van der Waals surface area contributed by atoms with Gasteiger partial charge in [0, 0.05) is 24.2 Å². The molecule has 2 aromatic carbocycles. The molecule has 1 amide bonds. The second-order valence-corrected chi connectivity index (χ2v) is 7.86. The Kier molecular flexibility index (Phi) is 6.56. The van der Waals surface area contributed by atoms with Crippen LogP contribution in [-0.2, 0) is 16.4 Å². The predicted octanol–water partition coefficient (Wildman–Crippen LogP) is 3.45. The van der Waals surface area contributed by atoms with E-state index in [2.05, 4.69) is 10.0 Å². The SMILES string of the molecule is CCOc1ccc(S(=O)(=O)Nc2cccc(C(=O)NCCc3ccco3)c2)cc1. The second kappa shape index (κ2) is 9.29. The van der Waals surface area contributed by atoms with Gasteiger partial charge in [-0.15, -0.1) is 0 Å². The van der Waals surface area contributed by atoms with E-state index in [1.165, 1.54) is 18.2 Å². The van der Waals surface area contributed by atoms with E-state index in [9.17, 15) is 13.2 Å². The number of amides is 1. The number of ether oxygens (including phenoxy) is 1. The molecule has 0 radical (unpaired) electrons. The van der Waals surface area contributed by atoms with E-state index in [4.69, 9.17) is 9.15 Å². The fourth-order valence-electron chi connectivity index (χ4n) is 2.68. The van der Waals surface area contributed by atoms with Crippen molar-refractivity contribution in [2.45, 2.75) is 18.2 Å². The van der Waals surface area contributed by atoms with Crippen LogP contribution in [0.5, 0.6) is 5.75 Å². The molecule has 0 spiro atoms. The zero-order valence-electron chi connectivity index (χ0n) is 15.9. The summed E-state index contributed by atoms with van der Waals surface area (Å²) in [7, 11) is -3.78. The average molecular weight is 414 g/mol. The Morgan fingerprint density at radius 2 is 1.86 bits per heavy atom. The molecule has 0 fully saturated rings. The first-order chi connectivity index (χ1) is 14.0. The number of nitrogens with one attached hydrogen (secondary N) is 2. The molecular formula is C21H22N2O5S. The Bertz CT molecular complexity index is 1040. The smallest absolute Gasteiger partial charge is 0.261 e. The van der Waals surface area contributed by atoms with Crippen LogP contribution < -0.4 is 14.8 Å². The summed E-state index contributed by atoms with van der Waals surface area (Å²) >= 11 is 0. The van der Waals surface area contributed by atoms with Crippen molar-refractivity contribution in [2.24, 2.45) is 0 Å². The lowest BCUT2D eigenvalue weighted by Gasteiger charge is -2.10. The van der Waals surface area contributed by atoms with Crippen LogP contribution in [0.4, 0.5) is 5.69 Å². The topological polar surface area (TPSA) is 97.6 Å². The summed E-state index contributed by atoms with van der Waals surface area (Å²) in [5, 5.41) is 2.79. The fourth-order valence-corrected chi connectivity index (χ4v) is 3.73. The Hall–Kier alpha value is -3.26. The van der Waals surface area contributed by atoms with Crippen LogP contribution in [-0.4, -0.2) is 27.5 Å². The first-order valence-corrected chi connectivity index (χ1v) is 10.6. The van der Waals surface area contributed by atoms with Crippen molar-refractivity contribution in [3.8, 4) is 5.75 Å². The zero-order valence-corrected chi connectivity index (χ0v) is 16.7. The highest BCUT2D eigenvalue weighted by Crippen LogP contribution is 2.20. The third-order valence-electron chi connectivity index (χ3n) is 4.06. The van der Waals surface area contributed by atoms with Gasteiger partial charge < -0.3 is 14.5 Å². The lowest BCUT2D eigenvalue weighted by molar-refractivity contribution is 0.0953. The summed E-state index contributed by atoms with van der Waals surface area (Å²) in [6, 6.07) is 16.1. The number of rotatable bonds is 9. The minimum absolute atomic E-state index is 0.106. The van der Waals surface area contributed by atoms with Gasteiger partial charge in [-0.25, -0.2) is 8.42 Å². The van der Waals surface area contributed by atoms with Crippen molar-refractivity contribution in [3.05, 3.63) is 78.3 Å². The molecule has 0 unspecified atom stereocenters. The summed E-state index contributed by atoms with van der Waals surface area (Å²) in [5.41, 5.74) is 0.661. The van der Waals surface area contributed by atoms with Crippen LogP contribution >= 0.6 is 0 Å². The Balaban J connectivity index is 1.64. The molecule has 2 N–H and O–H groups in total. The predicted molar refractivity (Wildman–Crippen MR) is 110 cm³/mol. The highest BCUT2D eigenvalue weighted by molar-refractivity contribution is 7.92. The van der Waals surface area contributed by atoms with Crippen LogP contribution in [0.3, 0.4) is 0 Å². The van der Waals surface area contributed by atoms with Gasteiger partial charge in [0.2, 0.25) is 0 Å². The van der Waals surface area contributed by atoms with Crippen molar-refractivity contribution < 1.29 is 22.4 Å². The van der Waals surface area contributed by atoms with Gasteiger partial charge in [-0.1, -0.05) is 6.07 Å². The van der Waals surface area contributed by atoms with Crippen LogP contribution in [0.25, 0.3) is 0 Å². The maximum atomic E-state index is 12.6. The lowest BCUT2D eigenvalue weighted by Crippen LogP contribution is -2.25. The van der Waals surface area contributed by atoms with E-state index >= 15 is 0 Å². The van der Waals surface area contributed by atoms with Gasteiger partial charge in [0.05, 0.1) is 17.8 Å². The van der Waals surface area contributed by atoms with E-state index in [-0.39, 0.29) is 10.8 Å². The van der Waals surface area contributed by atoms with E-state index in [0.717, 1.165) is 5.76 Å². The minimum Gasteiger partial charge on any atom is -0.494 e. The van der Waals surface area contributed by atoms with Crippen LogP contribution in [0.1, 0.15) is 23.0 Å². The normalized spacial score (nSPS) is 11.1. The van der Waals surface area contributed by atoms with Gasteiger partial charge in [0.25, 0.3) is 15.9 Å². The summed E-state index contributed by atoms with van der Waals surface area (Å²) in [6.45, 7) is 2.77. The molecule has 29 heavy (non-hydrogen) atoms. The summed E-state index contributed by atoms with van der Waals surface area (Å²) in [6.07, 6.45) is 2.15. The molecule has 0 aliphatic rings. The van der Waals surface area contributed by atoms with Crippen molar-refractivity contribution in [1.82, 2.24) is 5.32 Å². The Morgan fingerprint density at radius 1 is 1.07 bits per heavy atom.